The second kappa shape index (κ2) is 5.74. The number of hydrogen-bond donors (Lipinski definition) is 1. The summed E-state index contributed by atoms with van der Waals surface area (Å²) in [6.45, 7) is 0. The fourth-order valence-corrected chi connectivity index (χ4v) is 3.01. The number of benzene rings is 2. The molecule has 0 radical (unpaired) electrons. The van der Waals surface area contributed by atoms with Crippen LogP contribution < -0.4 is 5.32 Å². The smallest absolute Gasteiger partial charge is 0.146 e. The molecule has 0 spiro atoms. The minimum atomic E-state index is -0.249. The molecule has 0 atom stereocenters. The summed E-state index contributed by atoms with van der Waals surface area (Å²) in [5.74, 6) is 0.310. The van der Waals surface area contributed by atoms with Gasteiger partial charge in [0.05, 0.1) is 5.69 Å². The second-order valence-electron chi connectivity index (χ2n) is 5.19. The third kappa shape index (κ3) is 2.99. The van der Waals surface area contributed by atoms with Crippen molar-refractivity contribution < 1.29 is 4.39 Å². The molecule has 0 aromatic heterocycles. The third-order valence-corrected chi connectivity index (χ3v) is 4.53. The molecule has 2 aromatic carbocycles. The molecule has 1 fully saturated rings. The molecular formula is C16H14BrClFN. The Kier molecular flexibility index (Phi) is 3.99. The van der Waals surface area contributed by atoms with E-state index in [0.29, 0.717) is 22.7 Å². The zero-order chi connectivity index (χ0) is 14.1. The van der Waals surface area contributed by atoms with Crippen molar-refractivity contribution in [2.45, 2.75) is 24.8 Å². The average Bonchev–Trinajstić information content (AvgIpc) is 2.39. The molecule has 20 heavy (non-hydrogen) atoms. The highest BCUT2D eigenvalue weighted by Crippen LogP contribution is 2.39. The van der Waals surface area contributed by atoms with Crippen molar-refractivity contribution >= 4 is 33.2 Å². The van der Waals surface area contributed by atoms with Gasteiger partial charge in [-0.15, -0.1) is 0 Å². The number of rotatable bonds is 3. The lowest BCUT2D eigenvalue weighted by Crippen LogP contribution is -2.34. The van der Waals surface area contributed by atoms with Crippen LogP contribution in [0.2, 0.25) is 5.02 Å². The molecule has 1 aliphatic carbocycles. The van der Waals surface area contributed by atoms with Gasteiger partial charge in [0.15, 0.2) is 0 Å². The van der Waals surface area contributed by atoms with Gasteiger partial charge in [-0.3, -0.25) is 0 Å². The summed E-state index contributed by atoms with van der Waals surface area (Å²) in [5.41, 5.74) is 1.84. The fraction of sp³-hybridized carbons (Fsp3) is 0.250. The molecule has 0 amide bonds. The van der Waals surface area contributed by atoms with E-state index >= 15 is 0 Å². The largest absolute Gasteiger partial charge is 0.380 e. The van der Waals surface area contributed by atoms with Crippen molar-refractivity contribution in [3.8, 4) is 0 Å². The molecular weight excluding hydrogens is 341 g/mol. The van der Waals surface area contributed by atoms with E-state index in [-0.39, 0.29) is 5.82 Å². The zero-order valence-corrected chi connectivity index (χ0v) is 13.1. The summed E-state index contributed by atoms with van der Waals surface area (Å²) in [6, 6.07) is 13.3. The van der Waals surface area contributed by atoms with Gasteiger partial charge in [-0.2, -0.15) is 0 Å². The van der Waals surface area contributed by atoms with E-state index in [1.165, 1.54) is 11.6 Å². The van der Waals surface area contributed by atoms with Gasteiger partial charge in [0.1, 0.15) is 5.82 Å². The SMILES string of the molecule is Fc1ccc(Cl)cc1NC1CC(c2ccc(Br)cc2)C1. The summed E-state index contributed by atoms with van der Waals surface area (Å²) in [7, 11) is 0. The molecule has 4 heteroatoms. The predicted molar refractivity (Wildman–Crippen MR) is 84.9 cm³/mol. The highest BCUT2D eigenvalue weighted by Gasteiger charge is 2.30. The van der Waals surface area contributed by atoms with Gasteiger partial charge in [-0.1, -0.05) is 39.7 Å². The van der Waals surface area contributed by atoms with Crippen molar-refractivity contribution in [1.29, 1.82) is 0 Å². The molecule has 0 saturated heterocycles. The van der Waals surface area contributed by atoms with Crippen molar-refractivity contribution in [1.82, 2.24) is 0 Å². The van der Waals surface area contributed by atoms with Gasteiger partial charge in [0, 0.05) is 15.5 Å². The Balaban J connectivity index is 1.60. The van der Waals surface area contributed by atoms with Crippen LogP contribution in [-0.2, 0) is 0 Å². The van der Waals surface area contributed by atoms with Crippen molar-refractivity contribution in [3.05, 3.63) is 63.3 Å². The molecule has 104 valence electrons. The number of hydrogen-bond acceptors (Lipinski definition) is 1. The molecule has 1 saturated carbocycles. The van der Waals surface area contributed by atoms with E-state index in [1.54, 1.807) is 12.1 Å². The average molecular weight is 355 g/mol. The van der Waals surface area contributed by atoms with E-state index in [2.05, 4.69) is 45.5 Å². The number of halogens is 3. The summed E-state index contributed by atoms with van der Waals surface area (Å²) in [4.78, 5) is 0. The van der Waals surface area contributed by atoms with Crippen LogP contribution in [0.5, 0.6) is 0 Å². The van der Waals surface area contributed by atoms with Gasteiger partial charge in [-0.25, -0.2) is 4.39 Å². The Labute approximate surface area is 131 Å². The second-order valence-corrected chi connectivity index (χ2v) is 6.54. The maximum absolute atomic E-state index is 13.6. The molecule has 0 aliphatic heterocycles. The number of nitrogens with one attached hydrogen (secondary N) is 1. The van der Waals surface area contributed by atoms with E-state index < -0.39 is 0 Å². The van der Waals surface area contributed by atoms with Crippen LogP contribution in [0.25, 0.3) is 0 Å². The fourth-order valence-electron chi connectivity index (χ4n) is 2.57. The van der Waals surface area contributed by atoms with Crippen LogP contribution in [-0.4, -0.2) is 6.04 Å². The monoisotopic (exact) mass is 353 g/mol. The Morgan fingerprint density at radius 1 is 1.10 bits per heavy atom. The summed E-state index contributed by atoms with van der Waals surface area (Å²) < 4.78 is 14.7. The topological polar surface area (TPSA) is 12.0 Å². The van der Waals surface area contributed by atoms with Crippen LogP contribution >= 0.6 is 27.5 Å². The minimum Gasteiger partial charge on any atom is -0.380 e. The lowest BCUT2D eigenvalue weighted by Gasteiger charge is -2.37. The van der Waals surface area contributed by atoms with Crippen molar-refractivity contribution in [2.75, 3.05) is 5.32 Å². The molecule has 0 heterocycles. The molecule has 1 nitrogen and oxygen atoms in total. The lowest BCUT2D eigenvalue weighted by molar-refractivity contribution is 0.373. The lowest BCUT2D eigenvalue weighted by atomic mass is 9.76. The highest BCUT2D eigenvalue weighted by atomic mass is 79.9. The predicted octanol–water partition coefficient (Wildman–Crippen LogP) is 5.60. The van der Waals surface area contributed by atoms with E-state index in [0.717, 1.165) is 17.3 Å². The van der Waals surface area contributed by atoms with Gasteiger partial charge >= 0.3 is 0 Å². The first-order valence-electron chi connectivity index (χ1n) is 6.59. The number of anilines is 1. The molecule has 3 rings (SSSR count). The Bertz CT molecular complexity index is 608. The molecule has 0 bridgehead atoms. The van der Waals surface area contributed by atoms with Crippen LogP contribution in [0.1, 0.15) is 24.3 Å². The normalized spacial score (nSPS) is 21.4. The third-order valence-electron chi connectivity index (χ3n) is 3.77. The maximum atomic E-state index is 13.6. The first-order valence-corrected chi connectivity index (χ1v) is 7.76. The maximum Gasteiger partial charge on any atom is 0.146 e. The minimum absolute atomic E-state index is 0.249. The Hall–Kier alpha value is -1.06. The Morgan fingerprint density at radius 2 is 1.80 bits per heavy atom. The first kappa shape index (κ1) is 13.9. The summed E-state index contributed by atoms with van der Waals surface area (Å²) in [5, 5.41) is 3.78. The summed E-state index contributed by atoms with van der Waals surface area (Å²) >= 11 is 9.33. The molecule has 0 unspecified atom stereocenters. The van der Waals surface area contributed by atoms with Crippen molar-refractivity contribution in [2.24, 2.45) is 0 Å². The van der Waals surface area contributed by atoms with E-state index in [9.17, 15) is 4.39 Å². The van der Waals surface area contributed by atoms with Crippen LogP contribution in [0.15, 0.2) is 46.9 Å². The Morgan fingerprint density at radius 3 is 2.50 bits per heavy atom. The van der Waals surface area contributed by atoms with Gasteiger partial charge in [-0.05, 0) is 54.7 Å². The first-order chi connectivity index (χ1) is 9.61. The molecule has 1 aliphatic rings. The van der Waals surface area contributed by atoms with Crippen molar-refractivity contribution in [3.63, 3.8) is 0 Å². The van der Waals surface area contributed by atoms with Gasteiger partial charge in [0.25, 0.3) is 0 Å². The molecule has 2 aromatic rings. The van der Waals surface area contributed by atoms with E-state index in [4.69, 9.17) is 11.6 Å². The highest BCUT2D eigenvalue weighted by molar-refractivity contribution is 9.10. The van der Waals surface area contributed by atoms with Gasteiger partial charge in [0.2, 0.25) is 0 Å². The van der Waals surface area contributed by atoms with Gasteiger partial charge < -0.3 is 5.32 Å². The van der Waals surface area contributed by atoms with Crippen LogP contribution in [0, 0.1) is 5.82 Å². The molecule has 1 N–H and O–H groups in total. The standard InChI is InChI=1S/C16H14BrClFN/c17-12-3-1-10(2-4-12)11-7-14(8-11)20-16-9-13(18)5-6-15(16)19/h1-6,9,11,14,20H,7-8H2. The van der Waals surface area contributed by atoms with Crippen LogP contribution in [0.3, 0.4) is 0 Å². The quantitative estimate of drug-likeness (QED) is 0.756. The van der Waals surface area contributed by atoms with Crippen LogP contribution in [0.4, 0.5) is 10.1 Å². The zero-order valence-electron chi connectivity index (χ0n) is 10.7. The summed E-state index contributed by atoms with van der Waals surface area (Å²) in [6.07, 6.45) is 2.04. The van der Waals surface area contributed by atoms with E-state index in [1.807, 2.05) is 0 Å².